The van der Waals surface area contributed by atoms with Gasteiger partial charge in [0.25, 0.3) is 5.91 Å². The van der Waals surface area contributed by atoms with Crippen molar-refractivity contribution in [2.24, 2.45) is 0 Å². The fraction of sp³-hybridized carbons (Fsp3) is 0.462. The number of carbonyl (C=O) groups excluding carboxylic acids is 2. The molecule has 2 aliphatic rings. The molecule has 1 aliphatic heterocycles. The molecule has 1 aliphatic carbocycles. The molecule has 1 saturated carbocycles. The van der Waals surface area contributed by atoms with Crippen molar-refractivity contribution in [1.29, 1.82) is 5.26 Å². The minimum absolute atomic E-state index is 0.0147. The van der Waals surface area contributed by atoms with E-state index in [4.69, 9.17) is 26.3 Å². The lowest BCUT2D eigenvalue weighted by Crippen LogP contribution is -2.50. The van der Waals surface area contributed by atoms with E-state index in [1.165, 1.54) is 0 Å². The van der Waals surface area contributed by atoms with Crippen molar-refractivity contribution >= 4 is 29.4 Å². The largest absolute Gasteiger partial charge is 0.490 e. The first-order valence-corrected chi connectivity index (χ1v) is 12.3. The summed E-state index contributed by atoms with van der Waals surface area (Å²) in [6.45, 7) is 7.96. The molecule has 0 atom stereocenters. The van der Waals surface area contributed by atoms with Crippen LogP contribution < -0.4 is 15.0 Å². The summed E-state index contributed by atoms with van der Waals surface area (Å²) in [6, 6.07) is 10.6. The van der Waals surface area contributed by atoms with Crippen LogP contribution in [0.4, 0.5) is 10.6 Å². The van der Waals surface area contributed by atoms with Gasteiger partial charge in [-0.05, 0) is 45.0 Å². The van der Waals surface area contributed by atoms with Gasteiger partial charge in [0.15, 0.2) is 0 Å². The third-order valence-electron chi connectivity index (χ3n) is 6.06. The van der Waals surface area contributed by atoms with Gasteiger partial charge in [0, 0.05) is 57.3 Å². The van der Waals surface area contributed by atoms with Gasteiger partial charge in [-0.2, -0.15) is 5.26 Å². The van der Waals surface area contributed by atoms with E-state index in [1.807, 2.05) is 32.9 Å². The number of nitrogens with zero attached hydrogens (tertiary/aromatic N) is 4. The van der Waals surface area contributed by atoms with E-state index in [0.29, 0.717) is 60.9 Å². The molecule has 2 heterocycles. The summed E-state index contributed by atoms with van der Waals surface area (Å²) in [5.74, 6) is 1.21. The lowest BCUT2D eigenvalue weighted by molar-refractivity contribution is 0.0240. The molecule has 1 saturated heterocycles. The van der Waals surface area contributed by atoms with Gasteiger partial charge in [0.2, 0.25) is 0 Å². The second kappa shape index (κ2) is 10.6. The summed E-state index contributed by atoms with van der Waals surface area (Å²) < 4.78 is 11.3. The number of nitriles is 1. The lowest BCUT2D eigenvalue weighted by Gasteiger charge is -2.36. The number of hydrogen-bond donors (Lipinski definition) is 1. The molecule has 0 radical (unpaired) electrons. The molecular weight excluding hydrogens is 482 g/mol. The van der Waals surface area contributed by atoms with Crippen LogP contribution in [0.2, 0.25) is 5.02 Å². The van der Waals surface area contributed by atoms with Crippen molar-refractivity contribution < 1.29 is 19.1 Å². The Kier molecular flexibility index (Phi) is 7.55. The number of nitrogens with one attached hydrogen (secondary N) is 1. The molecular formula is C26H30ClN5O4. The number of aromatic nitrogens is 1. The minimum Gasteiger partial charge on any atom is -0.490 e. The first-order chi connectivity index (χ1) is 17.1. The molecule has 190 valence electrons. The van der Waals surface area contributed by atoms with Crippen LogP contribution in [0, 0.1) is 11.3 Å². The van der Waals surface area contributed by atoms with Crippen LogP contribution >= 0.6 is 11.6 Å². The number of pyridine rings is 1. The molecule has 9 nitrogen and oxygen atoms in total. The summed E-state index contributed by atoms with van der Waals surface area (Å²) in [7, 11) is 0. The Morgan fingerprint density at radius 2 is 1.86 bits per heavy atom. The molecule has 2 aromatic rings. The van der Waals surface area contributed by atoms with E-state index < -0.39 is 5.60 Å². The van der Waals surface area contributed by atoms with E-state index in [9.17, 15) is 9.59 Å². The molecule has 0 unspecified atom stereocenters. The Balaban J connectivity index is 1.21. The molecule has 2 amide bonds. The van der Waals surface area contributed by atoms with Crippen LogP contribution in [0.5, 0.6) is 5.75 Å². The number of piperazine rings is 1. The van der Waals surface area contributed by atoms with Gasteiger partial charge in [0.1, 0.15) is 29.3 Å². The van der Waals surface area contributed by atoms with Gasteiger partial charge in [-0.1, -0.05) is 11.6 Å². The molecule has 10 heteroatoms. The monoisotopic (exact) mass is 511 g/mol. The zero-order valence-electron chi connectivity index (χ0n) is 20.7. The molecule has 0 bridgehead atoms. The van der Waals surface area contributed by atoms with Gasteiger partial charge in [-0.15, -0.1) is 0 Å². The van der Waals surface area contributed by atoms with Crippen LogP contribution in [0.25, 0.3) is 0 Å². The van der Waals surface area contributed by atoms with Crippen LogP contribution in [-0.4, -0.2) is 65.8 Å². The molecule has 1 aromatic carbocycles. The number of hydrogen-bond acceptors (Lipinski definition) is 7. The van der Waals surface area contributed by atoms with Crippen molar-refractivity contribution in [1.82, 2.24) is 15.2 Å². The number of rotatable bonds is 5. The number of benzene rings is 1. The van der Waals surface area contributed by atoms with Crippen molar-refractivity contribution in [3.63, 3.8) is 0 Å². The quantitative estimate of drug-likeness (QED) is 0.646. The third kappa shape index (κ3) is 6.38. The number of anilines is 1. The van der Waals surface area contributed by atoms with Gasteiger partial charge in [-0.3, -0.25) is 4.79 Å². The van der Waals surface area contributed by atoms with Crippen LogP contribution in [0.1, 0.15) is 49.5 Å². The van der Waals surface area contributed by atoms with Gasteiger partial charge in [-0.25, -0.2) is 9.78 Å². The average molecular weight is 512 g/mol. The summed E-state index contributed by atoms with van der Waals surface area (Å²) in [5.41, 5.74) is 0.388. The second-order valence-corrected chi connectivity index (χ2v) is 10.4. The van der Waals surface area contributed by atoms with Crippen LogP contribution in [0.3, 0.4) is 0 Å². The molecule has 36 heavy (non-hydrogen) atoms. The highest BCUT2D eigenvalue weighted by Crippen LogP contribution is 2.29. The predicted molar refractivity (Wildman–Crippen MR) is 135 cm³/mol. The highest BCUT2D eigenvalue weighted by Gasteiger charge is 2.32. The van der Waals surface area contributed by atoms with Crippen molar-refractivity contribution in [2.45, 2.75) is 51.4 Å². The molecule has 4 rings (SSSR count). The second-order valence-electron chi connectivity index (χ2n) is 9.99. The molecule has 1 N–H and O–H groups in total. The standard InChI is InChI=1S/C26H30ClN5O4/c1-26(2,3)36-25(34)32-10-8-31(9-11-32)23-7-5-18(16-29-23)24(33)30-19-12-21(13-19)35-20-6-4-17(15-28)22(27)14-20/h4-7,14,16,19,21H,8-13H2,1-3H3,(H,30,33). The van der Waals surface area contributed by atoms with E-state index in [1.54, 1.807) is 35.4 Å². The maximum atomic E-state index is 12.6. The maximum absolute atomic E-state index is 12.6. The van der Waals surface area contributed by atoms with Crippen molar-refractivity contribution in [3.05, 3.63) is 52.7 Å². The number of ether oxygens (including phenoxy) is 2. The van der Waals surface area contributed by atoms with E-state index in [-0.39, 0.29) is 24.1 Å². The summed E-state index contributed by atoms with van der Waals surface area (Å²) >= 11 is 6.05. The van der Waals surface area contributed by atoms with Crippen LogP contribution in [0.15, 0.2) is 36.5 Å². The van der Waals surface area contributed by atoms with Crippen LogP contribution in [-0.2, 0) is 4.74 Å². The normalized spacial score (nSPS) is 19.6. The van der Waals surface area contributed by atoms with E-state index in [0.717, 1.165) is 5.82 Å². The van der Waals surface area contributed by atoms with Crippen molar-refractivity contribution in [2.75, 3.05) is 31.1 Å². The summed E-state index contributed by atoms with van der Waals surface area (Å²) in [6.07, 6.45) is 2.65. The zero-order chi connectivity index (χ0) is 25.9. The highest BCUT2D eigenvalue weighted by atomic mass is 35.5. The summed E-state index contributed by atoms with van der Waals surface area (Å²) in [4.78, 5) is 33.1. The van der Waals surface area contributed by atoms with Gasteiger partial charge in [0.05, 0.1) is 16.1 Å². The topological polar surface area (TPSA) is 108 Å². The zero-order valence-corrected chi connectivity index (χ0v) is 21.4. The van der Waals surface area contributed by atoms with Gasteiger partial charge < -0.3 is 24.6 Å². The smallest absolute Gasteiger partial charge is 0.410 e. The Hall–Kier alpha value is -3.51. The fourth-order valence-electron chi connectivity index (χ4n) is 4.05. The SMILES string of the molecule is CC(C)(C)OC(=O)N1CCN(c2ccc(C(=O)NC3CC(Oc4ccc(C#N)c(Cl)c4)C3)cn2)CC1. The van der Waals surface area contributed by atoms with E-state index >= 15 is 0 Å². The van der Waals surface area contributed by atoms with E-state index in [2.05, 4.69) is 15.2 Å². The number of halogens is 1. The highest BCUT2D eigenvalue weighted by molar-refractivity contribution is 6.31. The average Bonchev–Trinajstić information content (AvgIpc) is 2.82. The first kappa shape index (κ1) is 25.6. The fourth-order valence-corrected chi connectivity index (χ4v) is 4.27. The molecule has 1 aromatic heterocycles. The molecule has 0 spiro atoms. The molecule has 2 fully saturated rings. The third-order valence-corrected chi connectivity index (χ3v) is 6.37. The van der Waals surface area contributed by atoms with Gasteiger partial charge >= 0.3 is 6.09 Å². The first-order valence-electron chi connectivity index (χ1n) is 12.0. The number of carbonyl (C=O) groups is 2. The summed E-state index contributed by atoms with van der Waals surface area (Å²) in [5, 5.41) is 12.3. The van der Waals surface area contributed by atoms with Crippen molar-refractivity contribution in [3.8, 4) is 11.8 Å². The Labute approximate surface area is 215 Å². The lowest BCUT2D eigenvalue weighted by atomic mass is 9.89. The Bertz CT molecular complexity index is 1140. The Morgan fingerprint density at radius 1 is 1.14 bits per heavy atom. The Morgan fingerprint density at radius 3 is 2.44 bits per heavy atom. The minimum atomic E-state index is -0.515. The predicted octanol–water partition coefficient (Wildman–Crippen LogP) is 4.00. The number of amides is 2. The maximum Gasteiger partial charge on any atom is 0.410 e.